The predicted molar refractivity (Wildman–Crippen MR) is 106 cm³/mol. The second-order valence-corrected chi connectivity index (χ2v) is 7.21. The van der Waals surface area contributed by atoms with Gasteiger partial charge in [0, 0.05) is 10.0 Å². The lowest BCUT2D eigenvalue weighted by Gasteiger charge is -2.25. The minimum Gasteiger partial charge on any atom is -0.483 e. The van der Waals surface area contributed by atoms with E-state index < -0.39 is 17.8 Å². The molecule has 2 heterocycles. The Hall–Kier alpha value is -3.27. The van der Waals surface area contributed by atoms with Crippen molar-refractivity contribution in [2.24, 2.45) is 0 Å². The van der Waals surface area contributed by atoms with Gasteiger partial charge >= 0.3 is 0 Å². The van der Waals surface area contributed by atoms with E-state index in [0.29, 0.717) is 21.7 Å². The number of anilines is 2. The summed E-state index contributed by atoms with van der Waals surface area (Å²) < 4.78 is 21.7. The number of carbonyl (C=O) groups is 2. The fraction of sp³-hybridized carbons (Fsp3) is 0.158. The van der Waals surface area contributed by atoms with Crippen molar-refractivity contribution in [1.29, 1.82) is 0 Å². The maximum atomic E-state index is 13.9. The first kappa shape index (κ1) is 19.1. The van der Waals surface area contributed by atoms with Crippen molar-refractivity contribution in [2.45, 2.75) is 12.5 Å². The fourth-order valence-corrected chi connectivity index (χ4v) is 3.39. The van der Waals surface area contributed by atoms with Crippen LogP contribution in [-0.4, -0.2) is 33.2 Å². The summed E-state index contributed by atoms with van der Waals surface area (Å²) in [5.41, 5.74) is 0.753. The van der Waals surface area contributed by atoms with Gasteiger partial charge in [0.1, 0.15) is 17.9 Å². The maximum absolute atomic E-state index is 13.9. The van der Waals surface area contributed by atoms with E-state index in [1.165, 1.54) is 18.5 Å². The topological polar surface area (TPSA) is 98.1 Å². The third-order valence-corrected chi connectivity index (χ3v) is 4.83. The fourth-order valence-electron chi connectivity index (χ4n) is 3.05. The van der Waals surface area contributed by atoms with Crippen LogP contribution >= 0.6 is 15.9 Å². The number of hydrogen-bond donors (Lipinski definition) is 2. The van der Waals surface area contributed by atoms with E-state index in [9.17, 15) is 14.0 Å². The number of rotatable bonds is 5. The first-order valence-electron chi connectivity index (χ1n) is 8.67. The lowest BCUT2D eigenvalue weighted by Crippen LogP contribution is -2.29. The number of halogens is 2. The number of benzene rings is 2. The van der Waals surface area contributed by atoms with Gasteiger partial charge in [-0.15, -0.1) is 0 Å². The van der Waals surface area contributed by atoms with Crippen molar-refractivity contribution in [1.82, 2.24) is 14.8 Å². The van der Waals surface area contributed by atoms with Crippen LogP contribution in [0.1, 0.15) is 18.0 Å². The first-order valence-corrected chi connectivity index (χ1v) is 9.46. The zero-order chi connectivity index (χ0) is 20.4. The Bertz CT molecular complexity index is 1090. The van der Waals surface area contributed by atoms with Crippen LogP contribution in [0.3, 0.4) is 0 Å². The van der Waals surface area contributed by atoms with Gasteiger partial charge in [0.15, 0.2) is 6.61 Å². The van der Waals surface area contributed by atoms with E-state index >= 15 is 0 Å². The molecule has 1 aliphatic heterocycles. The molecule has 0 unspecified atom stereocenters. The number of amides is 2. The van der Waals surface area contributed by atoms with Crippen LogP contribution in [-0.2, 0) is 9.59 Å². The number of ether oxygens (including phenoxy) is 1. The molecule has 148 valence electrons. The number of hydrogen-bond acceptors (Lipinski definition) is 5. The summed E-state index contributed by atoms with van der Waals surface area (Å²) in [5, 5.41) is 9.29. The monoisotopic (exact) mass is 459 g/mol. The molecule has 1 aromatic heterocycles. The molecule has 2 amide bonds. The van der Waals surface area contributed by atoms with Crippen LogP contribution < -0.4 is 15.4 Å². The summed E-state index contributed by atoms with van der Waals surface area (Å²) in [7, 11) is 0. The summed E-state index contributed by atoms with van der Waals surface area (Å²) >= 11 is 3.17. The highest BCUT2D eigenvalue weighted by Gasteiger charge is 2.29. The average Bonchev–Trinajstić information content (AvgIpc) is 3.16. The number of aromatic nitrogens is 3. The second-order valence-electron chi connectivity index (χ2n) is 6.30. The Labute approximate surface area is 173 Å². The van der Waals surface area contributed by atoms with Crippen molar-refractivity contribution in [3.63, 3.8) is 0 Å². The molecule has 0 fully saturated rings. The normalized spacial score (nSPS) is 15.4. The molecule has 0 saturated heterocycles. The van der Waals surface area contributed by atoms with Crippen LogP contribution in [0, 0.1) is 5.82 Å². The van der Waals surface area contributed by atoms with Gasteiger partial charge in [-0.2, -0.15) is 10.1 Å². The SMILES string of the molecule is O=C(COc1ccccc1[C@@H]1CC(=O)Nc2ncnn21)Nc1ccc(Br)cc1F. The molecular formula is C19H15BrFN5O3. The molecule has 3 aromatic rings. The molecule has 1 aliphatic rings. The van der Waals surface area contributed by atoms with Gasteiger partial charge < -0.3 is 10.1 Å². The number of carbonyl (C=O) groups excluding carboxylic acids is 2. The molecule has 8 nitrogen and oxygen atoms in total. The third kappa shape index (κ3) is 4.11. The van der Waals surface area contributed by atoms with Crippen LogP contribution in [0.5, 0.6) is 5.75 Å². The highest BCUT2D eigenvalue weighted by Crippen LogP contribution is 2.34. The summed E-state index contributed by atoms with van der Waals surface area (Å²) in [6, 6.07) is 11.0. The highest BCUT2D eigenvalue weighted by atomic mass is 79.9. The summed E-state index contributed by atoms with van der Waals surface area (Å²) in [6.07, 6.45) is 1.52. The number of nitrogens with zero attached hydrogens (tertiary/aromatic N) is 3. The van der Waals surface area contributed by atoms with Crippen LogP contribution in [0.15, 0.2) is 53.3 Å². The maximum Gasteiger partial charge on any atom is 0.262 e. The molecular weight excluding hydrogens is 445 g/mol. The van der Waals surface area contributed by atoms with Crippen molar-refractivity contribution >= 4 is 39.4 Å². The molecule has 0 aliphatic carbocycles. The average molecular weight is 460 g/mol. The molecule has 4 rings (SSSR count). The molecule has 2 N–H and O–H groups in total. The van der Waals surface area contributed by atoms with Gasteiger partial charge in [-0.05, 0) is 24.3 Å². The summed E-state index contributed by atoms with van der Waals surface area (Å²) in [5.74, 6) is -0.470. The van der Waals surface area contributed by atoms with Crippen molar-refractivity contribution in [3.05, 3.63) is 64.6 Å². The summed E-state index contributed by atoms with van der Waals surface area (Å²) in [6.45, 7) is -0.324. The van der Waals surface area contributed by atoms with E-state index in [-0.39, 0.29) is 24.6 Å². The smallest absolute Gasteiger partial charge is 0.262 e. The van der Waals surface area contributed by atoms with E-state index in [1.54, 1.807) is 28.9 Å². The van der Waals surface area contributed by atoms with E-state index in [4.69, 9.17) is 4.74 Å². The van der Waals surface area contributed by atoms with E-state index in [2.05, 4.69) is 36.6 Å². The Morgan fingerprint density at radius 1 is 1.34 bits per heavy atom. The molecule has 0 bridgehead atoms. The lowest BCUT2D eigenvalue weighted by molar-refractivity contribution is -0.118. The van der Waals surface area contributed by atoms with Crippen LogP contribution in [0.25, 0.3) is 0 Å². The van der Waals surface area contributed by atoms with Crippen molar-refractivity contribution in [3.8, 4) is 5.75 Å². The Morgan fingerprint density at radius 3 is 3.00 bits per heavy atom. The third-order valence-electron chi connectivity index (χ3n) is 4.34. The van der Waals surface area contributed by atoms with Gasteiger partial charge in [0.05, 0.1) is 18.2 Å². The Kier molecular flexibility index (Phi) is 5.26. The molecule has 10 heteroatoms. The quantitative estimate of drug-likeness (QED) is 0.610. The zero-order valence-electron chi connectivity index (χ0n) is 14.9. The van der Waals surface area contributed by atoms with Gasteiger partial charge in [-0.25, -0.2) is 9.07 Å². The van der Waals surface area contributed by atoms with Crippen molar-refractivity contribution in [2.75, 3.05) is 17.2 Å². The first-order chi connectivity index (χ1) is 14.0. The lowest BCUT2D eigenvalue weighted by atomic mass is 10.0. The van der Waals surface area contributed by atoms with Crippen LogP contribution in [0.2, 0.25) is 0 Å². The number of para-hydroxylation sites is 1. The highest BCUT2D eigenvalue weighted by molar-refractivity contribution is 9.10. The standard InChI is InChI=1S/C19H15BrFN5O3/c20-11-5-6-14(13(21)7-11)24-18(28)9-29-16-4-2-1-3-12(16)15-8-17(27)25-19-22-10-23-26(15)19/h1-7,10,15H,8-9H2,(H,24,28)(H,22,23,25,27)/t15-/m0/s1. The minimum atomic E-state index is -0.556. The largest absolute Gasteiger partial charge is 0.483 e. The van der Waals surface area contributed by atoms with E-state index in [0.717, 1.165) is 0 Å². The zero-order valence-corrected chi connectivity index (χ0v) is 16.5. The Morgan fingerprint density at radius 2 is 2.17 bits per heavy atom. The molecule has 2 aromatic carbocycles. The van der Waals surface area contributed by atoms with Crippen LogP contribution in [0.4, 0.5) is 16.0 Å². The Balaban J connectivity index is 1.50. The van der Waals surface area contributed by atoms with Gasteiger partial charge in [-0.1, -0.05) is 34.1 Å². The molecule has 0 spiro atoms. The molecule has 1 atom stereocenters. The predicted octanol–water partition coefficient (Wildman–Crippen LogP) is 3.13. The second kappa shape index (κ2) is 8.00. The minimum absolute atomic E-state index is 0.0614. The molecule has 0 saturated carbocycles. The molecule has 0 radical (unpaired) electrons. The van der Waals surface area contributed by atoms with E-state index in [1.807, 2.05) is 6.07 Å². The number of fused-ring (bicyclic) bond motifs is 1. The van der Waals surface area contributed by atoms with Gasteiger partial charge in [0.25, 0.3) is 5.91 Å². The van der Waals surface area contributed by atoms with Crippen molar-refractivity contribution < 1.29 is 18.7 Å². The number of nitrogens with one attached hydrogen (secondary N) is 2. The van der Waals surface area contributed by atoms with Gasteiger partial charge in [-0.3, -0.25) is 14.9 Å². The summed E-state index contributed by atoms with van der Waals surface area (Å²) in [4.78, 5) is 28.2. The molecule has 29 heavy (non-hydrogen) atoms. The van der Waals surface area contributed by atoms with Gasteiger partial charge in [0.2, 0.25) is 11.9 Å².